The first-order valence-corrected chi connectivity index (χ1v) is 4.63. The van der Waals surface area contributed by atoms with Crippen LogP contribution in [0.2, 0.25) is 0 Å². The molecule has 1 aromatic rings. The van der Waals surface area contributed by atoms with Crippen molar-refractivity contribution in [3.8, 4) is 0 Å². The van der Waals surface area contributed by atoms with Gasteiger partial charge in [-0.2, -0.15) is 0 Å². The third-order valence-electron chi connectivity index (χ3n) is 2.25. The lowest BCUT2D eigenvalue weighted by Crippen LogP contribution is -1.99. The molecule has 2 heteroatoms. The number of hydrogen-bond donors (Lipinski definition) is 0. The number of pyridine rings is 1. The number of aromatic nitrogens is 1. The molecule has 2 nitrogen and oxygen atoms in total. The molecule has 0 saturated carbocycles. The molecular weight excluding hydrogens is 162 g/mol. The highest BCUT2D eigenvalue weighted by Crippen LogP contribution is 2.17. The summed E-state index contributed by atoms with van der Waals surface area (Å²) in [6, 6.07) is 4.14. The van der Waals surface area contributed by atoms with Crippen LogP contribution >= 0.6 is 0 Å². The van der Waals surface area contributed by atoms with E-state index in [2.05, 4.69) is 24.9 Å². The Labute approximate surface area is 80.0 Å². The van der Waals surface area contributed by atoms with Gasteiger partial charge in [-0.15, -0.1) is 0 Å². The van der Waals surface area contributed by atoms with Crippen molar-refractivity contribution >= 4 is 0 Å². The lowest BCUT2D eigenvalue weighted by Gasteiger charge is -2.10. The smallest absolute Gasteiger partial charge is 0.0962 e. The number of hydrogen-bond acceptors (Lipinski definition) is 2. The van der Waals surface area contributed by atoms with Crippen LogP contribution in [-0.4, -0.2) is 12.1 Å². The summed E-state index contributed by atoms with van der Waals surface area (Å²) in [5, 5.41) is 0. The van der Waals surface area contributed by atoms with Crippen molar-refractivity contribution in [3.63, 3.8) is 0 Å². The summed E-state index contributed by atoms with van der Waals surface area (Å²) in [5.74, 6) is 0.541. The Morgan fingerprint density at radius 2 is 1.92 bits per heavy atom. The van der Waals surface area contributed by atoms with Crippen molar-refractivity contribution in [2.45, 2.75) is 32.8 Å². The van der Waals surface area contributed by atoms with Crippen LogP contribution in [0.15, 0.2) is 18.3 Å². The predicted octanol–water partition coefficient (Wildman–Crippen LogP) is 2.91. The van der Waals surface area contributed by atoms with Crippen molar-refractivity contribution in [3.05, 3.63) is 29.6 Å². The Kier molecular flexibility index (Phi) is 3.43. The number of rotatable bonds is 3. The van der Waals surface area contributed by atoms with Crippen LogP contribution in [0.5, 0.6) is 0 Å². The summed E-state index contributed by atoms with van der Waals surface area (Å²) in [6.45, 7) is 6.32. The number of ether oxygens (including phenoxy) is 1. The molecule has 0 spiro atoms. The van der Waals surface area contributed by atoms with Gasteiger partial charge in [0.05, 0.1) is 11.8 Å². The average Bonchev–Trinajstić information content (AvgIpc) is 2.17. The zero-order valence-electron chi connectivity index (χ0n) is 8.74. The van der Waals surface area contributed by atoms with Gasteiger partial charge in [0.15, 0.2) is 0 Å². The minimum Gasteiger partial charge on any atom is -0.375 e. The molecule has 0 aliphatic carbocycles. The summed E-state index contributed by atoms with van der Waals surface area (Å²) in [7, 11) is 1.70. The second-order valence-corrected chi connectivity index (χ2v) is 3.55. The van der Waals surface area contributed by atoms with E-state index in [1.807, 2.05) is 19.2 Å². The van der Waals surface area contributed by atoms with Gasteiger partial charge in [-0.05, 0) is 24.5 Å². The molecule has 0 N–H and O–H groups in total. The lowest BCUT2D eigenvalue weighted by molar-refractivity contribution is 0.116. The van der Waals surface area contributed by atoms with E-state index in [0.29, 0.717) is 5.92 Å². The van der Waals surface area contributed by atoms with Crippen LogP contribution in [-0.2, 0) is 4.74 Å². The van der Waals surface area contributed by atoms with Crippen LogP contribution in [0, 0.1) is 0 Å². The highest BCUT2D eigenvalue weighted by Gasteiger charge is 2.05. The molecule has 0 radical (unpaired) electrons. The van der Waals surface area contributed by atoms with Crippen molar-refractivity contribution in [1.82, 2.24) is 4.98 Å². The van der Waals surface area contributed by atoms with E-state index >= 15 is 0 Å². The largest absolute Gasteiger partial charge is 0.375 e. The Bertz CT molecular complexity index is 253. The Morgan fingerprint density at radius 1 is 1.23 bits per heavy atom. The maximum absolute atomic E-state index is 5.17. The van der Waals surface area contributed by atoms with Crippen molar-refractivity contribution in [2.24, 2.45) is 0 Å². The molecule has 1 aromatic heterocycles. The molecular formula is C11H17NO. The molecule has 0 unspecified atom stereocenters. The van der Waals surface area contributed by atoms with E-state index in [1.54, 1.807) is 7.11 Å². The van der Waals surface area contributed by atoms with Gasteiger partial charge in [0.2, 0.25) is 0 Å². The first kappa shape index (κ1) is 10.2. The maximum atomic E-state index is 5.17. The standard InChI is InChI=1S/C11H17NO/c1-8(2)10-5-6-11(12-7-10)9(3)13-4/h5-9H,1-4H3/t9-/m0/s1. The molecule has 0 aromatic carbocycles. The van der Waals surface area contributed by atoms with Crippen molar-refractivity contribution < 1.29 is 4.74 Å². The van der Waals surface area contributed by atoms with Gasteiger partial charge in [0.25, 0.3) is 0 Å². The molecule has 13 heavy (non-hydrogen) atoms. The summed E-state index contributed by atoms with van der Waals surface area (Å²) < 4.78 is 5.17. The lowest BCUT2D eigenvalue weighted by atomic mass is 10.1. The Hall–Kier alpha value is -0.890. The van der Waals surface area contributed by atoms with Crippen LogP contribution in [0.3, 0.4) is 0 Å². The van der Waals surface area contributed by atoms with E-state index in [1.165, 1.54) is 5.56 Å². The monoisotopic (exact) mass is 179 g/mol. The molecule has 72 valence electrons. The highest BCUT2D eigenvalue weighted by atomic mass is 16.5. The van der Waals surface area contributed by atoms with Gasteiger partial charge in [0, 0.05) is 13.3 Å². The molecule has 1 heterocycles. The number of methoxy groups -OCH3 is 1. The van der Waals surface area contributed by atoms with Gasteiger partial charge in [-0.1, -0.05) is 19.9 Å². The molecule has 1 rings (SSSR count). The Balaban J connectivity index is 2.81. The normalized spacial score (nSPS) is 13.3. The summed E-state index contributed by atoms with van der Waals surface area (Å²) >= 11 is 0. The zero-order chi connectivity index (χ0) is 9.84. The average molecular weight is 179 g/mol. The predicted molar refractivity (Wildman–Crippen MR) is 53.8 cm³/mol. The molecule has 0 amide bonds. The first-order chi connectivity index (χ1) is 6.15. The highest BCUT2D eigenvalue weighted by molar-refractivity contribution is 5.18. The molecule has 0 aliphatic heterocycles. The summed E-state index contributed by atoms with van der Waals surface area (Å²) in [6.07, 6.45) is 2.01. The van der Waals surface area contributed by atoms with E-state index < -0.39 is 0 Å². The van der Waals surface area contributed by atoms with Gasteiger partial charge < -0.3 is 4.74 Å². The quantitative estimate of drug-likeness (QED) is 0.711. The summed E-state index contributed by atoms with van der Waals surface area (Å²) in [4.78, 5) is 4.35. The van der Waals surface area contributed by atoms with E-state index in [9.17, 15) is 0 Å². The van der Waals surface area contributed by atoms with Gasteiger partial charge in [-0.3, -0.25) is 4.98 Å². The number of nitrogens with zero attached hydrogens (tertiary/aromatic N) is 1. The van der Waals surface area contributed by atoms with Gasteiger partial charge >= 0.3 is 0 Å². The van der Waals surface area contributed by atoms with Crippen LogP contribution in [0.25, 0.3) is 0 Å². The van der Waals surface area contributed by atoms with E-state index in [0.717, 1.165) is 5.69 Å². The minimum absolute atomic E-state index is 0.0845. The minimum atomic E-state index is 0.0845. The molecule has 1 atom stereocenters. The third kappa shape index (κ3) is 2.52. The maximum Gasteiger partial charge on any atom is 0.0962 e. The molecule has 0 bridgehead atoms. The second kappa shape index (κ2) is 4.38. The topological polar surface area (TPSA) is 22.1 Å². The molecule has 0 saturated heterocycles. The van der Waals surface area contributed by atoms with Crippen LogP contribution in [0.4, 0.5) is 0 Å². The fourth-order valence-electron chi connectivity index (χ4n) is 1.12. The fourth-order valence-corrected chi connectivity index (χ4v) is 1.12. The SMILES string of the molecule is CO[C@@H](C)c1ccc(C(C)C)cn1. The third-order valence-corrected chi connectivity index (χ3v) is 2.25. The van der Waals surface area contributed by atoms with Crippen LogP contribution < -0.4 is 0 Å². The first-order valence-electron chi connectivity index (χ1n) is 4.63. The van der Waals surface area contributed by atoms with E-state index in [4.69, 9.17) is 4.74 Å². The molecule has 0 aliphatic rings. The summed E-state index contributed by atoms with van der Waals surface area (Å²) in [5.41, 5.74) is 2.26. The second-order valence-electron chi connectivity index (χ2n) is 3.55. The van der Waals surface area contributed by atoms with Gasteiger partial charge in [0.1, 0.15) is 0 Å². The van der Waals surface area contributed by atoms with Gasteiger partial charge in [-0.25, -0.2) is 0 Å². The van der Waals surface area contributed by atoms with Crippen molar-refractivity contribution in [1.29, 1.82) is 0 Å². The zero-order valence-corrected chi connectivity index (χ0v) is 8.74. The van der Waals surface area contributed by atoms with Crippen LogP contribution in [0.1, 0.15) is 44.1 Å². The fraction of sp³-hybridized carbons (Fsp3) is 0.545. The molecule has 0 fully saturated rings. The Morgan fingerprint density at radius 3 is 2.31 bits per heavy atom. The van der Waals surface area contributed by atoms with Crippen molar-refractivity contribution in [2.75, 3.05) is 7.11 Å². The van der Waals surface area contributed by atoms with E-state index in [-0.39, 0.29) is 6.10 Å².